The van der Waals surface area contributed by atoms with Crippen molar-refractivity contribution in [2.45, 2.75) is 70.0 Å². The van der Waals surface area contributed by atoms with Crippen molar-refractivity contribution in [2.24, 2.45) is 23.7 Å². The maximum Gasteiger partial charge on any atom is 0.0872 e. The van der Waals surface area contributed by atoms with Crippen LogP contribution in [0.4, 0.5) is 0 Å². The molecule has 0 saturated heterocycles. The summed E-state index contributed by atoms with van der Waals surface area (Å²) in [5.41, 5.74) is 3.16. The summed E-state index contributed by atoms with van der Waals surface area (Å²) in [5, 5.41) is 21.2. The zero-order chi connectivity index (χ0) is 13.0. The van der Waals surface area contributed by atoms with Crippen LogP contribution in [0, 0.1) is 23.7 Å². The van der Waals surface area contributed by atoms with Crippen LogP contribution in [0.1, 0.15) is 57.8 Å². The second-order valence-electron chi connectivity index (χ2n) is 7.30. The van der Waals surface area contributed by atoms with Crippen LogP contribution in [-0.2, 0) is 0 Å². The number of rotatable bonds is 0. The van der Waals surface area contributed by atoms with Crippen LogP contribution in [0.5, 0.6) is 0 Å². The van der Waals surface area contributed by atoms with E-state index in [1.807, 2.05) is 0 Å². The van der Waals surface area contributed by atoms with Crippen LogP contribution in [0.2, 0.25) is 0 Å². The van der Waals surface area contributed by atoms with Gasteiger partial charge >= 0.3 is 0 Å². The van der Waals surface area contributed by atoms with Crippen molar-refractivity contribution < 1.29 is 10.2 Å². The first-order valence-corrected chi connectivity index (χ1v) is 8.35. The first kappa shape index (κ1) is 12.4. The average molecular weight is 262 g/mol. The second kappa shape index (κ2) is 4.60. The molecule has 0 aromatic heterocycles. The zero-order valence-corrected chi connectivity index (χ0v) is 11.7. The van der Waals surface area contributed by atoms with Gasteiger partial charge in [0.05, 0.1) is 12.2 Å². The van der Waals surface area contributed by atoms with Crippen molar-refractivity contribution in [2.75, 3.05) is 0 Å². The molecule has 6 atom stereocenters. The standard InChI is InChI=1S/C17H26O2/c18-16-14-6-2-1-5-12(14)13-9-8-10-4-3-7-11(10)15(13)17(16)19/h10-11,14-19H,1-9H2. The topological polar surface area (TPSA) is 40.5 Å². The number of hydrogen-bond acceptors (Lipinski definition) is 2. The Morgan fingerprint density at radius 1 is 0.737 bits per heavy atom. The normalized spacial score (nSPS) is 49.6. The fourth-order valence-corrected chi connectivity index (χ4v) is 5.76. The summed E-state index contributed by atoms with van der Waals surface area (Å²) in [4.78, 5) is 0. The zero-order valence-electron chi connectivity index (χ0n) is 11.7. The van der Waals surface area contributed by atoms with E-state index >= 15 is 0 Å². The van der Waals surface area contributed by atoms with E-state index in [4.69, 9.17) is 0 Å². The summed E-state index contributed by atoms with van der Waals surface area (Å²) in [6, 6.07) is 0. The quantitative estimate of drug-likeness (QED) is 0.659. The Kier molecular flexibility index (Phi) is 3.00. The molecule has 3 saturated carbocycles. The third kappa shape index (κ3) is 1.76. The molecule has 0 aliphatic heterocycles. The van der Waals surface area contributed by atoms with Gasteiger partial charge in [0, 0.05) is 11.8 Å². The van der Waals surface area contributed by atoms with Gasteiger partial charge in [-0.05, 0) is 50.4 Å². The predicted molar refractivity (Wildman–Crippen MR) is 74.6 cm³/mol. The third-order valence-corrected chi connectivity index (χ3v) is 6.57. The highest BCUT2D eigenvalue weighted by Gasteiger charge is 2.50. The minimum atomic E-state index is -0.483. The van der Waals surface area contributed by atoms with Gasteiger partial charge in [0.2, 0.25) is 0 Å². The highest BCUT2D eigenvalue weighted by molar-refractivity contribution is 5.30. The molecule has 2 heteroatoms. The van der Waals surface area contributed by atoms with Crippen LogP contribution in [0.3, 0.4) is 0 Å². The van der Waals surface area contributed by atoms with Crippen LogP contribution >= 0.6 is 0 Å². The van der Waals surface area contributed by atoms with Crippen LogP contribution in [0.25, 0.3) is 0 Å². The smallest absolute Gasteiger partial charge is 0.0872 e. The van der Waals surface area contributed by atoms with E-state index < -0.39 is 12.2 Å². The monoisotopic (exact) mass is 262 g/mol. The molecule has 0 bridgehead atoms. The lowest BCUT2D eigenvalue weighted by Crippen LogP contribution is -2.50. The van der Waals surface area contributed by atoms with Gasteiger partial charge in [0.15, 0.2) is 0 Å². The molecule has 4 rings (SSSR count). The Hall–Kier alpha value is -0.340. The van der Waals surface area contributed by atoms with E-state index in [0.29, 0.717) is 11.8 Å². The van der Waals surface area contributed by atoms with Gasteiger partial charge < -0.3 is 10.2 Å². The molecule has 106 valence electrons. The average Bonchev–Trinajstić information content (AvgIpc) is 2.92. The van der Waals surface area contributed by atoms with Gasteiger partial charge in [0.1, 0.15) is 0 Å². The lowest BCUT2D eigenvalue weighted by atomic mass is 9.59. The van der Waals surface area contributed by atoms with Crippen molar-refractivity contribution in [3.05, 3.63) is 11.1 Å². The van der Waals surface area contributed by atoms with Crippen LogP contribution in [0.15, 0.2) is 11.1 Å². The summed E-state index contributed by atoms with van der Waals surface area (Å²) >= 11 is 0. The Bertz CT molecular complexity index is 400. The van der Waals surface area contributed by atoms with E-state index in [1.165, 1.54) is 51.4 Å². The maximum atomic E-state index is 10.7. The molecule has 0 amide bonds. The van der Waals surface area contributed by atoms with E-state index in [0.717, 1.165) is 12.3 Å². The number of fused-ring (bicyclic) bond motifs is 4. The van der Waals surface area contributed by atoms with Crippen molar-refractivity contribution in [1.29, 1.82) is 0 Å². The van der Waals surface area contributed by atoms with Crippen LogP contribution < -0.4 is 0 Å². The summed E-state index contributed by atoms with van der Waals surface area (Å²) < 4.78 is 0. The molecule has 0 spiro atoms. The van der Waals surface area contributed by atoms with Crippen molar-refractivity contribution >= 4 is 0 Å². The number of aliphatic hydroxyl groups is 2. The lowest BCUT2D eigenvalue weighted by Gasteiger charge is -2.49. The molecule has 6 unspecified atom stereocenters. The first-order chi connectivity index (χ1) is 9.27. The number of hydrogen-bond donors (Lipinski definition) is 2. The summed E-state index contributed by atoms with van der Waals surface area (Å²) in [6.45, 7) is 0. The van der Waals surface area contributed by atoms with E-state index in [-0.39, 0.29) is 5.92 Å². The third-order valence-electron chi connectivity index (χ3n) is 6.57. The predicted octanol–water partition coefficient (Wildman–Crippen LogP) is 3.03. The second-order valence-corrected chi connectivity index (χ2v) is 7.30. The Morgan fingerprint density at radius 3 is 2.53 bits per heavy atom. The molecule has 4 aliphatic carbocycles. The summed E-state index contributed by atoms with van der Waals surface area (Å²) in [6.07, 6.45) is 10.4. The molecule has 4 aliphatic rings. The SMILES string of the molecule is OC1C2CCCCC2=C2CCC3CCCC3C2C1O. The molecule has 2 nitrogen and oxygen atoms in total. The Morgan fingerprint density at radius 2 is 1.63 bits per heavy atom. The highest BCUT2D eigenvalue weighted by Crippen LogP contribution is 2.55. The van der Waals surface area contributed by atoms with Gasteiger partial charge in [-0.25, -0.2) is 0 Å². The molecule has 0 aromatic carbocycles. The molecule has 0 heterocycles. The van der Waals surface area contributed by atoms with E-state index in [9.17, 15) is 10.2 Å². The van der Waals surface area contributed by atoms with Gasteiger partial charge in [-0.3, -0.25) is 0 Å². The molecule has 3 fully saturated rings. The van der Waals surface area contributed by atoms with Crippen molar-refractivity contribution in [1.82, 2.24) is 0 Å². The van der Waals surface area contributed by atoms with Crippen LogP contribution in [-0.4, -0.2) is 22.4 Å². The fraction of sp³-hybridized carbons (Fsp3) is 0.882. The van der Waals surface area contributed by atoms with E-state index in [1.54, 1.807) is 11.1 Å². The Labute approximate surface area is 115 Å². The van der Waals surface area contributed by atoms with Gasteiger partial charge in [-0.2, -0.15) is 0 Å². The lowest BCUT2D eigenvalue weighted by molar-refractivity contribution is -0.0702. The van der Waals surface area contributed by atoms with Gasteiger partial charge in [0.25, 0.3) is 0 Å². The molecule has 19 heavy (non-hydrogen) atoms. The molecule has 0 radical (unpaired) electrons. The fourth-order valence-electron chi connectivity index (χ4n) is 5.76. The molecule has 2 N–H and O–H groups in total. The summed E-state index contributed by atoms with van der Waals surface area (Å²) in [7, 11) is 0. The van der Waals surface area contributed by atoms with Gasteiger partial charge in [-0.15, -0.1) is 0 Å². The molecular weight excluding hydrogens is 236 g/mol. The largest absolute Gasteiger partial charge is 0.390 e. The Balaban J connectivity index is 1.75. The maximum absolute atomic E-state index is 10.7. The molecular formula is C17H26O2. The van der Waals surface area contributed by atoms with Crippen molar-refractivity contribution in [3.8, 4) is 0 Å². The molecule has 0 aromatic rings. The first-order valence-electron chi connectivity index (χ1n) is 8.35. The van der Waals surface area contributed by atoms with E-state index in [2.05, 4.69) is 0 Å². The highest BCUT2D eigenvalue weighted by atomic mass is 16.3. The number of aliphatic hydroxyl groups excluding tert-OH is 2. The minimum Gasteiger partial charge on any atom is -0.390 e. The minimum absolute atomic E-state index is 0.285. The van der Waals surface area contributed by atoms with Crippen molar-refractivity contribution in [3.63, 3.8) is 0 Å². The summed E-state index contributed by atoms with van der Waals surface area (Å²) in [5.74, 6) is 2.09. The van der Waals surface area contributed by atoms with Gasteiger partial charge in [-0.1, -0.05) is 30.4 Å².